The van der Waals surface area contributed by atoms with E-state index in [0.717, 1.165) is 25.9 Å². The number of ether oxygens (including phenoxy) is 2. The van der Waals surface area contributed by atoms with Crippen LogP contribution < -0.4 is 0 Å². The number of rotatable bonds is 2. The van der Waals surface area contributed by atoms with Gasteiger partial charge in [-0.05, 0) is 32.3 Å². The summed E-state index contributed by atoms with van der Waals surface area (Å²) >= 11 is 0. The van der Waals surface area contributed by atoms with Gasteiger partial charge in [-0.15, -0.1) is 0 Å². The lowest BCUT2D eigenvalue weighted by atomic mass is 9.86. The molecule has 2 aliphatic rings. The molecule has 0 unspecified atom stereocenters. The number of hydrogen-bond acceptors (Lipinski definition) is 5. The minimum Gasteiger partial charge on any atom is -0.378 e. The summed E-state index contributed by atoms with van der Waals surface area (Å²) in [6, 6.07) is 1.67. The van der Waals surface area contributed by atoms with E-state index in [1.165, 1.54) is 0 Å². The summed E-state index contributed by atoms with van der Waals surface area (Å²) in [6.07, 6.45) is 4.45. The van der Waals surface area contributed by atoms with Crippen LogP contribution in [-0.4, -0.2) is 59.3 Å². The van der Waals surface area contributed by atoms with Crippen LogP contribution in [0.4, 0.5) is 0 Å². The number of hydrogen-bond donors (Lipinski definition) is 0. The number of likely N-dealkylation sites (tertiary alicyclic amines) is 1. The van der Waals surface area contributed by atoms with E-state index in [1.54, 1.807) is 26.3 Å². The zero-order valence-electron chi connectivity index (χ0n) is 12.5. The summed E-state index contributed by atoms with van der Waals surface area (Å²) in [7, 11) is 1.72. The fraction of sp³-hybridized carbons (Fsp3) is 0.667. The molecule has 0 aliphatic carbocycles. The van der Waals surface area contributed by atoms with E-state index in [4.69, 9.17) is 9.47 Å². The lowest BCUT2D eigenvalue weighted by molar-refractivity contribution is -0.137. The van der Waals surface area contributed by atoms with Crippen molar-refractivity contribution >= 4 is 5.91 Å². The molecule has 1 aromatic heterocycles. The SMILES string of the molecule is CO[C@H]1CCN(C(=O)c2ccnc(C)n2)C[C@@]12CCCO2. The molecule has 0 bridgehead atoms. The van der Waals surface area contributed by atoms with E-state index in [-0.39, 0.29) is 17.6 Å². The van der Waals surface area contributed by atoms with E-state index in [1.807, 2.05) is 4.90 Å². The zero-order valence-corrected chi connectivity index (χ0v) is 12.5. The Kier molecular flexibility index (Phi) is 3.91. The molecule has 2 saturated heterocycles. The molecule has 3 heterocycles. The molecule has 0 radical (unpaired) electrons. The first kappa shape index (κ1) is 14.4. The number of amides is 1. The molecule has 2 atom stereocenters. The van der Waals surface area contributed by atoms with E-state index in [2.05, 4.69) is 9.97 Å². The van der Waals surface area contributed by atoms with Gasteiger partial charge in [0.15, 0.2) is 0 Å². The molecule has 0 N–H and O–H groups in total. The van der Waals surface area contributed by atoms with Gasteiger partial charge in [0, 0.05) is 26.5 Å². The van der Waals surface area contributed by atoms with Crippen LogP contribution >= 0.6 is 0 Å². The summed E-state index contributed by atoms with van der Waals surface area (Å²) < 4.78 is 11.6. The van der Waals surface area contributed by atoms with Crippen molar-refractivity contribution in [1.82, 2.24) is 14.9 Å². The lowest BCUT2D eigenvalue weighted by Crippen LogP contribution is -2.58. The lowest BCUT2D eigenvalue weighted by Gasteiger charge is -2.44. The maximum absolute atomic E-state index is 12.6. The molecule has 3 rings (SSSR count). The third-order valence-corrected chi connectivity index (χ3v) is 4.41. The second-order valence-electron chi connectivity index (χ2n) is 5.75. The Bertz CT molecular complexity index is 529. The van der Waals surface area contributed by atoms with Crippen molar-refractivity contribution in [1.29, 1.82) is 0 Å². The summed E-state index contributed by atoms with van der Waals surface area (Å²) in [4.78, 5) is 22.7. The highest BCUT2D eigenvalue weighted by molar-refractivity contribution is 5.92. The Balaban J connectivity index is 1.79. The molecule has 6 heteroatoms. The highest BCUT2D eigenvalue weighted by Gasteiger charge is 2.48. The largest absolute Gasteiger partial charge is 0.378 e. The third-order valence-electron chi connectivity index (χ3n) is 4.41. The molecule has 1 spiro atoms. The van der Waals surface area contributed by atoms with Crippen LogP contribution in [0.2, 0.25) is 0 Å². The van der Waals surface area contributed by atoms with Crippen LogP contribution in [0.15, 0.2) is 12.3 Å². The zero-order chi connectivity index (χ0) is 14.9. The highest BCUT2D eigenvalue weighted by atomic mass is 16.6. The second kappa shape index (κ2) is 5.69. The minimum atomic E-state index is -0.343. The Morgan fingerprint density at radius 2 is 2.43 bits per heavy atom. The standard InChI is InChI=1S/C15H21N3O3/c1-11-16-7-4-12(17-11)14(19)18-8-5-13(20-2)15(10-18)6-3-9-21-15/h4,7,13H,3,5-6,8-10H2,1-2H3/t13-,15-/m0/s1. The highest BCUT2D eigenvalue weighted by Crippen LogP contribution is 2.36. The van der Waals surface area contributed by atoms with Crippen molar-refractivity contribution in [3.8, 4) is 0 Å². The number of nitrogens with zero attached hydrogens (tertiary/aromatic N) is 3. The van der Waals surface area contributed by atoms with Crippen molar-refractivity contribution < 1.29 is 14.3 Å². The smallest absolute Gasteiger partial charge is 0.272 e. The Morgan fingerprint density at radius 3 is 3.10 bits per heavy atom. The summed E-state index contributed by atoms with van der Waals surface area (Å²) in [5.74, 6) is 0.560. The van der Waals surface area contributed by atoms with E-state index < -0.39 is 0 Å². The van der Waals surface area contributed by atoms with Crippen LogP contribution in [0, 0.1) is 6.92 Å². The van der Waals surface area contributed by atoms with Crippen LogP contribution in [0.3, 0.4) is 0 Å². The van der Waals surface area contributed by atoms with Crippen LogP contribution in [0.5, 0.6) is 0 Å². The fourth-order valence-electron chi connectivity index (χ4n) is 3.38. The normalized spacial score (nSPS) is 29.0. The van der Waals surface area contributed by atoms with Crippen molar-refractivity contribution in [3.63, 3.8) is 0 Å². The molecule has 0 aromatic carbocycles. The topological polar surface area (TPSA) is 64.5 Å². The molecule has 2 fully saturated rings. The number of aromatic nitrogens is 2. The first-order chi connectivity index (χ1) is 10.1. The van der Waals surface area contributed by atoms with E-state index in [9.17, 15) is 4.79 Å². The summed E-state index contributed by atoms with van der Waals surface area (Å²) in [5, 5.41) is 0. The van der Waals surface area contributed by atoms with Gasteiger partial charge in [0.05, 0.1) is 12.6 Å². The first-order valence-corrected chi connectivity index (χ1v) is 7.40. The maximum Gasteiger partial charge on any atom is 0.272 e. The van der Waals surface area contributed by atoms with Crippen molar-refractivity contribution in [2.24, 2.45) is 0 Å². The molecule has 2 aliphatic heterocycles. The Morgan fingerprint density at radius 1 is 1.57 bits per heavy atom. The van der Waals surface area contributed by atoms with Gasteiger partial charge in [0.2, 0.25) is 0 Å². The van der Waals surface area contributed by atoms with Gasteiger partial charge in [-0.1, -0.05) is 0 Å². The second-order valence-corrected chi connectivity index (χ2v) is 5.75. The monoisotopic (exact) mass is 291 g/mol. The summed E-state index contributed by atoms with van der Waals surface area (Å²) in [6.45, 7) is 3.78. The van der Waals surface area contributed by atoms with Crippen molar-refractivity contribution in [2.75, 3.05) is 26.8 Å². The first-order valence-electron chi connectivity index (χ1n) is 7.40. The Hall–Kier alpha value is -1.53. The molecule has 114 valence electrons. The molecule has 6 nitrogen and oxygen atoms in total. The van der Waals surface area contributed by atoms with Crippen LogP contribution in [0.1, 0.15) is 35.6 Å². The molecule has 1 aromatic rings. The van der Waals surface area contributed by atoms with Gasteiger partial charge in [-0.2, -0.15) is 0 Å². The molecular formula is C15H21N3O3. The average molecular weight is 291 g/mol. The number of carbonyl (C=O) groups excluding carboxylic acids is 1. The van der Waals surface area contributed by atoms with Crippen molar-refractivity contribution in [2.45, 2.75) is 37.9 Å². The minimum absolute atomic E-state index is 0.0510. The van der Waals surface area contributed by atoms with Gasteiger partial charge in [-0.25, -0.2) is 9.97 Å². The molecule has 1 amide bonds. The van der Waals surface area contributed by atoms with Crippen LogP contribution in [-0.2, 0) is 9.47 Å². The average Bonchev–Trinajstić information content (AvgIpc) is 2.95. The van der Waals surface area contributed by atoms with Gasteiger partial charge >= 0.3 is 0 Å². The predicted molar refractivity (Wildman–Crippen MR) is 76.0 cm³/mol. The predicted octanol–water partition coefficient (Wildman–Crippen LogP) is 1.20. The van der Waals surface area contributed by atoms with Crippen molar-refractivity contribution in [3.05, 3.63) is 23.8 Å². The van der Waals surface area contributed by atoms with Gasteiger partial charge in [0.1, 0.15) is 17.1 Å². The summed E-state index contributed by atoms with van der Waals surface area (Å²) in [5.41, 5.74) is 0.108. The number of piperidine rings is 1. The van der Waals surface area contributed by atoms with E-state index >= 15 is 0 Å². The van der Waals surface area contributed by atoms with E-state index in [0.29, 0.717) is 24.6 Å². The van der Waals surface area contributed by atoms with Crippen LogP contribution in [0.25, 0.3) is 0 Å². The molecular weight excluding hydrogens is 270 g/mol. The quantitative estimate of drug-likeness (QED) is 0.819. The molecule has 21 heavy (non-hydrogen) atoms. The molecule has 0 saturated carbocycles. The van der Waals surface area contributed by atoms with Gasteiger partial charge < -0.3 is 14.4 Å². The third kappa shape index (κ3) is 2.65. The maximum atomic E-state index is 12.6. The van der Waals surface area contributed by atoms with Gasteiger partial charge in [-0.3, -0.25) is 4.79 Å². The van der Waals surface area contributed by atoms with Gasteiger partial charge in [0.25, 0.3) is 5.91 Å². The fourth-order valence-corrected chi connectivity index (χ4v) is 3.38. The number of methoxy groups -OCH3 is 1. The Labute approximate surface area is 124 Å². The number of aryl methyl sites for hydroxylation is 1. The number of carbonyl (C=O) groups is 1.